The highest BCUT2D eigenvalue weighted by atomic mass is 35.5. The molecule has 0 aliphatic carbocycles. The molecule has 0 spiro atoms. The molecule has 2 aromatic rings. The molecule has 0 fully saturated rings. The first kappa shape index (κ1) is 26.8. The van der Waals surface area contributed by atoms with E-state index in [1.807, 2.05) is 45.0 Å². The molecule has 2 amide bonds. The Bertz CT molecular complexity index is 942. The molecule has 2 aromatic carbocycles. The Balaban J connectivity index is 2.04. The predicted octanol–water partition coefficient (Wildman–Crippen LogP) is 5.49. The van der Waals surface area contributed by atoms with E-state index in [2.05, 4.69) is 5.32 Å². The molecular weight excluding hydrogens is 463 g/mol. The summed E-state index contributed by atoms with van der Waals surface area (Å²) in [6.45, 7) is 8.05. The fourth-order valence-electron chi connectivity index (χ4n) is 3.12. The number of halogens is 2. The number of hydrogen-bond acceptors (Lipinski definition) is 4. The molecule has 0 aromatic heterocycles. The maximum Gasteiger partial charge on any atom is 0.242 e. The van der Waals surface area contributed by atoms with Crippen LogP contribution in [0.3, 0.4) is 0 Å². The van der Waals surface area contributed by atoms with Crippen LogP contribution in [0, 0.1) is 0 Å². The second-order valence-corrected chi connectivity index (χ2v) is 9.63. The number of rotatable bonds is 10. The van der Waals surface area contributed by atoms with Crippen molar-refractivity contribution in [3.8, 4) is 11.5 Å². The van der Waals surface area contributed by atoms with Crippen molar-refractivity contribution in [3.63, 3.8) is 0 Å². The van der Waals surface area contributed by atoms with Gasteiger partial charge in [-0.1, -0.05) is 29.3 Å². The van der Waals surface area contributed by atoms with Crippen LogP contribution in [-0.2, 0) is 16.1 Å². The average molecular weight is 495 g/mol. The number of amides is 2. The van der Waals surface area contributed by atoms with Crippen molar-refractivity contribution in [2.75, 3.05) is 13.7 Å². The second-order valence-electron chi connectivity index (χ2n) is 8.81. The van der Waals surface area contributed by atoms with E-state index in [1.54, 1.807) is 37.1 Å². The van der Waals surface area contributed by atoms with E-state index in [4.69, 9.17) is 32.7 Å². The predicted molar refractivity (Wildman–Crippen MR) is 132 cm³/mol. The fraction of sp³-hybridized carbons (Fsp3) is 0.440. The van der Waals surface area contributed by atoms with Gasteiger partial charge in [0.2, 0.25) is 11.8 Å². The lowest BCUT2D eigenvalue weighted by atomic mass is 10.1. The van der Waals surface area contributed by atoms with Gasteiger partial charge < -0.3 is 19.7 Å². The average Bonchev–Trinajstić information content (AvgIpc) is 2.76. The summed E-state index contributed by atoms with van der Waals surface area (Å²) in [6, 6.07) is 11.8. The van der Waals surface area contributed by atoms with Gasteiger partial charge in [0.15, 0.2) is 0 Å². The lowest BCUT2D eigenvalue weighted by Gasteiger charge is -2.31. The number of methoxy groups -OCH3 is 1. The molecule has 33 heavy (non-hydrogen) atoms. The van der Waals surface area contributed by atoms with E-state index in [9.17, 15) is 9.59 Å². The minimum Gasteiger partial charge on any atom is -0.497 e. The maximum absolute atomic E-state index is 13.1. The molecule has 0 saturated heterocycles. The van der Waals surface area contributed by atoms with Crippen LogP contribution in [0.2, 0.25) is 10.0 Å². The van der Waals surface area contributed by atoms with Crippen molar-refractivity contribution in [2.45, 2.75) is 58.7 Å². The van der Waals surface area contributed by atoms with Crippen LogP contribution in [0.25, 0.3) is 0 Å². The van der Waals surface area contributed by atoms with E-state index in [-0.39, 0.29) is 24.8 Å². The van der Waals surface area contributed by atoms with E-state index in [0.717, 1.165) is 11.3 Å². The standard InChI is InChI=1S/C25H32Cl2N2O4/c1-17(24(31)28-25(2,3)4)29(16-18-8-13-21(26)22(27)15-18)23(30)7-6-14-33-20-11-9-19(32-5)10-12-20/h8-13,15,17H,6-7,14,16H2,1-5H3,(H,28,31). The molecule has 0 aliphatic rings. The zero-order chi connectivity index (χ0) is 24.6. The monoisotopic (exact) mass is 494 g/mol. The molecule has 1 atom stereocenters. The van der Waals surface area contributed by atoms with Gasteiger partial charge in [0.25, 0.3) is 0 Å². The quantitative estimate of drug-likeness (QED) is 0.443. The first-order chi connectivity index (χ1) is 15.5. The maximum atomic E-state index is 13.1. The fourth-order valence-corrected chi connectivity index (χ4v) is 3.44. The smallest absolute Gasteiger partial charge is 0.242 e. The van der Waals surface area contributed by atoms with Crippen LogP contribution in [0.4, 0.5) is 0 Å². The molecule has 0 aliphatic heterocycles. The SMILES string of the molecule is COc1ccc(OCCCC(=O)N(Cc2ccc(Cl)c(Cl)c2)C(C)C(=O)NC(C)(C)C)cc1. The van der Waals surface area contributed by atoms with Crippen LogP contribution >= 0.6 is 23.2 Å². The minimum absolute atomic E-state index is 0.143. The molecule has 1 N–H and O–H groups in total. The zero-order valence-corrected chi connectivity index (χ0v) is 21.3. The summed E-state index contributed by atoms with van der Waals surface area (Å²) in [7, 11) is 1.61. The molecule has 0 saturated carbocycles. The van der Waals surface area contributed by atoms with E-state index >= 15 is 0 Å². The third-order valence-electron chi connectivity index (χ3n) is 4.87. The molecule has 180 valence electrons. The summed E-state index contributed by atoms with van der Waals surface area (Å²) in [5, 5.41) is 3.79. The second kappa shape index (κ2) is 12.1. The summed E-state index contributed by atoms with van der Waals surface area (Å²) in [5.74, 6) is 1.09. The molecule has 0 radical (unpaired) electrons. The van der Waals surface area contributed by atoms with Crippen LogP contribution in [-0.4, -0.2) is 42.0 Å². The Labute approximate surface area is 206 Å². The van der Waals surface area contributed by atoms with Gasteiger partial charge in [-0.15, -0.1) is 0 Å². The number of carbonyl (C=O) groups excluding carboxylic acids is 2. The normalized spacial score (nSPS) is 12.1. The number of hydrogen-bond donors (Lipinski definition) is 1. The highest BCUT2D eigenvalue weighted by molar-refractivity contribution is 6.42. The summed E-state index contributed by atoms with van der Waals surface area (Å²) >= 11 is 12.2. The number of nitrogens with zero attached hydrogens (tertiary/aromatic N) is 1. The van der Waals surface area contributed by atoms with Crippen LogP contribution in [0.15, 0.2) is 42.5 Å². The van der Waals surface area contributed by atoms with Gasteiger partial charge in [-0.05, 0) is 76.1 Å². The molecule has 8 heteroatoms. The Kier molecular flexibility index (Phi) is 9.87. The Morgan fingerprint density at radius 1 is 1.03 bits per heavy atom. The lowest BCUT2D eigenvalue weighted by molar-refractivity contribution is -0.141. The summed E-state index contributed by atoms with van der Waals surface area (Å²) in [5.41, 5.74) is 0.387. The summed E-state index contributed by atoms with van der Waals surface area (Å²) in [6.07, 6.45) is 0.751. The number of benzene rings is 2. The molecular formula is C25H32Cl2N2O4. The highest BCUT2D eigenvalue weighted by Crippen LogP contribution is 2.24. The molecule has 2 rings (SSSR count). The molecule has 1 unspecified atom stereocenters. The van der Waals surface area contributed by atoms with Gasteiger partial charge >= 0.3 is 0 Å². The molecule has 0 bridgehead atoms. The minimum atomic E-state index is -0.659. The van der Waals surface area contributed by atoms with Gasteiger partial charge in [0.1, 0.15) is 17.5 Å². The Morgan fingerprint density at radius 3 is 2.24 bits per heavy atom. The Morgan fingerprint density at radius 2 is 1.67 bits per heavy atom. The van der Waals surface area contributed by atoms with Crippen LogP contribution < -0.4 is 14.8 Å². The van der Waals surface area contributed by atoms with E-state index < -0.39 is 11.6 Å². The van der Waals surface area contributed by atoms with Crippen LogP contribution in [0.5, 0.6) is 11.5 Å². The van der Waals surface area contributed by atoms with Crippen LogP contribution in [0.1, 0.15) is 46.1 Å². The lowest BCUT2D eigenvalue weighted by Crippen LogP contribution is -2.52. The molecule has 6 nitrogen and oxygen atoms in total. The van der Waals surface area contributed by atoms with Gasteiger partial charge in [-0.3, -0.25) is 9.59 Å². The van der Waals surface area contributed by atoms with Crippen molar-refractivity contribution < 1.29 is 19.1 Å². The van der Waals surface area contributed by atoms with Gasteiger partial charge in [-0.2, -0.15) is 0 Å². The van der Waals surface area contributed by atoms with E-state index in [1.165, 1.54) is 0 Å². The number of nitrogens with one attached hydrogen (secondary N) is 1. The third kappa shape index (κ3) is 8.78. The Hall–Kier alpha value is -2.44. The van der Waals surface area contributed by atoms with Gasteiger partial charge in [0, 0.05) is 18.5 Å². The van der Waals surface area contributed by atoms with E-state index in [0.29, 0.717) is 28.8 Å². The third-order valence-corrected chi connectivity index (χ3v) is 5.60. The topological polar surface area (TPSA) is 67.9 Å². The zero-order valence-electron chi connectivity index (χ0n) is 19.8. The van der Waals surface area contributed by atoms with Gasteiger partial charge in [-0.25, -0.2) is 0 Å². The summed E-state index contributed by atoms with van der Waals surface area (Å²) < 4.78 is 10.9. The van der Waals surface area contributed by atoms with Crippen molar-refractivity contribution >= 4 is 35.0 Å². The first-order valence-corrected chi connectivity index (χ1v) is 11.6. The van der Waals surface area contributed by atoms with Crippen molar-refractivity contribution in [2.24, 2.45) is 0 Å². The largest absolute Gasteiger partial charge is 0.497 e. The highest BCUT2D eigenvalue weighted by Gasteiger charge is 2.28. The molecule has 0 heterocycles. The van der Waals surface area contributed by atoms with Gasteiger partial charge in [0.05, 0.1) is 23.8 Å². The first-order valence-electron chi connectivity index (χ1n) is 10.8. The summed E-state index contributed by atoms with van der Waals surface area (Å²) in [4.78, 5) is 27.5. The number of ether oxygens (including phenoxy) is 2. The van der Waals surface area contributed by atoms with Crippen molar-refractivity contribution in [1.29, 1.82) is 0 Å². The number of carbonyl (C=O) groups is 2. The van der Waals surface area contributed by atoms with Crippen molar-refractivity contribution in [1.82, 2.24) is 10.2 Å². The van der Waals surface area contributed by atoms with Crippen molar-refractivity contribution in [3.05, 3.63) is 58.1 Å².